The lowest BCUT2D eigenvalue weighted by atomic mass is 10.4. The highest BCUT2D eigenvalue weighted by molar-refractivity contribution is 7.99. The molecule has 1 amide bonds. The molecule has 3 heterocycles. The molecule has 2 aromatic rings. The van der Waals surface area contributed by atoms with Gasteiger partial charge in [0.05, 0.1) is 17.3 Å². The van der Waals surface area contributed by atoms with Crippen molar-refractivity contribution in [2.24, 2.45) is 0 Å². The number of hydrogen-bond acceptors (Lipinski definition) is 6. The summed E-state index contributed by atoms with van der Waals surface area (Å²) >= 11 is 1.28. The Morgan fingerprint density at radius 1 is 1.26 bits per heavy atom. The summed E-state index contributed by atoms with van der Waals surface area (Å²) in [6.07, 6.45) is 3.16. The Labute approximate surface area is 163 Å². The largest absolute Gasteiger partial charge is 0.464 e. The Hall–Kier alpha value is -1.84. The van der Waals surface area contributed by atoms with Gasteiger partial charge in [0.15, 0.2) is 0 Å². The zero-order valence-corrected chi connectivity index (χ0v) is 17.1. The van der Waals surface area contributed by atoms with E-state index >= 15 is 0 Å². The molecule has 27 heavy (non-hydrogen) atoms. The van der Waals surface area contributed by atoms with E-state index in [1.54, 1.807) is 24.1 Å². The summed E-state index contributed by atoms with van der Waals surface area (Å²) in [5.41, 5.74) is 0. The van der Waals surface area contributed by atoms with E-state index < -0.39 is 10.0 Å². The molecule has 0 unspecified atom stereocenters. The molecule has 0 radical (unpaired) electrons. The van der Waals surface area contributed by atoms with Gasteiger partial charge in [0, 0.05) is 26.3 Å². The topological polar surface area (TPSA) is 83.7 Å². The van der Waals surface area contributed by atoms with Crippen molar-refractivity contribution in [3.8, 4) is 0 Å². The Balaban J connectivity index is 1.54. The van der Waals surface area contributed by atoms with Gasteiger partial charge in [-0.15, -0.1) is 0 Å². The van der Waals surface area contributed by atoms with Crippen molar-refractivity contribution < 1.29 is 17.6 Å². The summed E-state index contributed by atoms with van der Waals surface area (Å²) in [5.74, 6) is 1.72. The van der Waals surface area contributed by atoms with Gasteiger partial charge in [-0.3, -0.25) is 4.79 Å². The number of hydrogen-bond donors (Lipinski definition) is 0. The molecule has 1 saturated heterocycles. The van der Waals surface area contributed by atoms with Crippen molar-refractivity contribution >= 4 is 27.7 Å². The molecular formula is C18H23N3O4S2. The molecule has 0 saturated carbocycles. The van der Waals surface area contributed by atoms with E-state index in [1.807, 2.05) is 19.1 Å². The predicted octanol–water partition coefficient (Wildman–Crippen LogP) is 2.52. The number of amides is 1. The third kappa shape index (κ3) is 4.91. The quantitative estimate of drug-likeness (QED) is 0.654. The summed E-state index contributed by atoms with van der Waals surface area (Å²) < 4.78 is 31.9. The van der Waals surface area contributed by atoms with Crippen LogP contribution in [0, 0.1) is 6.92 Å². The number of nitrogens with zero attached hydrogens (tertiary/aromatic N) is 3. The number of aromatic nitrogens is 1. The van der Waals surface area contributed by atoms with Crippen molar-refractivity contribution in [3.63, 3.8) is 0 Å². The van der Waals surface area contributed by atoms with Crippen LogP contribution in [0.1, 0.15) is 24.4 Å². The monoisotopic (exact) mass is 409 g/mol. The van der Waals surface area contributed by atoms with E-state index in [0.29, 0.717) is 24.7 Å². The highest BCUT2D eigenvalue weighted by Crippen LogP contribution is 2.23. The van der Waals surface area contributed by atoms with Crippen molar-refractivity contribution in [1.29, 1.82) is 0 Å². The van der Waals surface area contributed by atoms with Crippen LogP contribution in [0.3, 0.4) is 0 Å². The van der Waals surface area contributed by atoms with Crippen LogP contribution >= 0.6 is 11.8 Å². The van der Waals surface area contributed by atoms with Gasteiger partial charge in [0.2, 0.25) is 15.9 Å². The summed E-state index contributed by atoms with van der Waals surface area (Å²) in [6.45, 7) is 3.40. The molecule has 0 spiro atoms. The van der Waals surface area contributed by atoms with Crippen LogP contribution in [-0.4, -0.2) is 54.4 Å². The number of thioether (sulfide) groups is 1. The molecule has 0 N–H and O–H groups in total. The lowest BCUT2D eigenvalue weighted by molar-refractivity contribution is -0.127. The SMILES string of the molecule is Cc1ccc(CN(C)C(=O)CSc2ccc(S(=O)(=O)N3CCCC3)cn2)o1. The molecule has 1 aliphatic heterocycles. The number of rotatable bonds is 7. The summed E-state index contributed by atoms with van der Waals surface area (Å²) in [4.78, 5) is 18.3. The number of carbonyl (C=O) groups is 1. The fraction of sp³-hybridized carbons (Fsp3) is 0.444. The third-order valence-corrected chi connectivity index (χ3v) is 7.18. The first-order valence-electron chi connectivity index (χ1n) is 8.74. The first-order valence-corrected chi connectivity index (χ1v) is 11.2. The molecule has 1 aliphatic rings. The Bertz CT molecular complexity index is 888. The number of sulfonamides is 1. The Morgan fingerprint density at radius 2 is 2.00 bits per heavy atom. The van der Waals surface area contributed by atoms with Crippen molar-refractivity contribution in [2.45, 2.75) is 36.2 Å². The van der Waals surface area contributed by atoms with E-state index in [1.165, 1.54) is 22.3 Å². The van der Waals surface area contributed by atoms with Gasteiger partial charge in [-0.05, 0) is 44.0 Å². The maximum absolute atomic E-state index is 12.5. The van der Waals surface area contributed by atoms with Crippen LogP contribution in [0.2, 0.25) is 0 Å². The first kappa shape index (κ1) is 19.9. The fourth-order valence-electron chi connectivity index (χ4n) is 2.82. The molecule has 0 atom stereocenters. The maximum atomic E-state index is 12.5. The smallest absolute Gasteiger partial charge is 0.244 e. The Kier molecular flexibility index (Phi) is 6.23. The summed E-state index contributed by atoms with van der Waals surface area (Å²) in [7, 11) is -1.73. The number of aryl methyl sites for hydroxylation is 1. The highest BCUT2D eigenvalue weighted by atomic mass is 32.2. The molecule has 7 nitrogen and oxygen atoms in total. The summed E-state index contributed by atoms with van der Waals surface area (Å²) in [5, 5.41) is 0.617. The maximum Gasteiger partial charge on any atom is 0.244 e. The lowest BCUT2D eigenvalue weighted by Crippen LogP contribution is -2.28. The van der Waals surface area contributed by atoms with Crippen LogP contribution < -0.4 is 0 Å². The molecule has 0 aromatic carbocycles. The zero-order chi connectivity index (χ0) is 19.4. The Morgan fingerprint density at radius 3 is 2.59 bits per heavy atom. The van der Waals surface area contributed by atoms with Crippen molar-refractivity contribution in [1.82, 2.24) is 14.2 Å². The van der Waals surface area contributed by atoms with Gasteiger partial charge < -0.3 is 9.32 Å². The van der Waals surface area contributed by atoms with Gasteiger partial charge >= 0.3 is 0 Å². The molecule has 146 valence electrons. The van der Waals surface area contributed by atoms with Crippen LogP contribution in [-0.2, 0) is 21.4 Å². The van der Waals surface area contributed by atoms with E-state index in [9.17, 15) is 13.2 Å². The molecular weight excluding hydrogens is 386 g/mol. The average Bonchev–Trinajstić information content (AvgIpc) is 3.32. The second-order valence-electron chi connectivity index (χ2n) is 6.49. The van der Waals surface area contributed by atoms with Crippen molar-refractivity contribution in [2.75, 3.05) is 25.9 Å². The third-order valence-electron chi connectivity index (χ3n) is 4.37. The second kappa shape index (κ2) is 8.45. The molecule has 1 fully saturated rings. The van der Waals surface area contributed by atoms with Gasteiger partial charge in [0.25, 0.3) is 0 Å². The van der Waals surface area contributed by atoms with Crippen molar-refractivity contribution in [3.05, 3.63) is 42.0 Å². The fourth-order valence-corrected chi connectivity index (χ4v) is 5.07. The minimum Gasteiger partial charge on any atom is -0.464 e. The van der Waals surface area contributed by atoms with Gasteiger partial charge in [-0.1, -0.05) is 11.8 Å². The van der Waals surface area contributed by atoms with Crippen LogP contribution in [0.4, 0.5) is 0 Å². The minimum absolute atomic E-state index is 0.0513. The van der Waals surface area contributed by atoms with Gasteiger partial charge in [-0.25, -0.2) is 13.4 Å². The minimum atomic E-state index is -3.46. The number of pyridine rings is 1. The standard InChI is InChI=1S/C18H23N3O4S2/c1-14-5-6-15(25-14)12-20(2)18(22)13-26-17-8-7-16(11-19-17)27(23,24)21-9-3-4-10-21/h5-8,11H,3-4,9-10,12-13H2,1-2H3. The highest BCUT2D eigenvalue weighted by Gasteiger charge is 2.27. The second-order valence-corrected chi connectivity index (χ2v) is 9.43. The molecule has 0 bridgehead atoms. The average molecular weight is 410 g/mol. The summed E-state index contributed by atoms with van der Waals surface area (Å²) in [6, 6.07) is 6.93. The molecule has 0 aliphatic carbocycles. The van der Waals surface area contributed by atoms with Crippen LogP contribution in [0.5, 0.6) is 0 Å². The predicted molar refractivity (Wildman–Crippen MR) is 103 cm³/mol. The van der Waals surface area contributed by atoms with Crippen LogP contribution in [0.25, 0.3) is 0 Å². The number of furan rings is 1. The van der Waals surface area contributed by atoms with Gasteiger partial charge in [-0.2, -0.15) is 4.31 Å². The number of carbonyl (C=O) groups excluding carboxylic acids is 1. The van der Waals surface area contributed by atoms with Gasteiger partial charge in [0.1, 0.15) is 16.4 Å². The van der Waals surface area contributed by atoms with E-state index in [4.69, 9.17) is 4.42 Å². The van der Waals surface area contributed by atoms with E-state index in [2.05, 4.69) is 4.98 Å². The zero-order valence-electron chi connectivity index (χ0n) is 15.4. The normalized spacial score (nSPS) is 15.2. The first-order chi connectivity index (χ1) is 12.9. The van der Waals surface area contributed by atoms with E-state index in [0.717, 1.165) is 24.4 Å². The van der Waals surface area contributed by atoms with E-state index in [-0.39, 0.29) is 16.6 Å². The molecule has 3 rings (SSSR count). The molecule has 2 aromatic heterocycles. The lowest BCUT2D eigenvalue weighted by Gasteiger charge is -2.16. The molecule has 9 heteroatoms. The van der Waals surface area contributed by atoms with Crippen LogP contribution in [0.15, 0.2) is 44.8 Å².